The SMILES string of the molecule is CC(C)(C)[Si](C)(C)C#CC1CCCc2ccc(O)cc21. The molecule has 1 atom stereocenters. The van der Waals surface area contributed by atoms with Crippen LogP contribution in [0.15, 0.2) is 18.2 Å². The molecule has 1 N–H and O–H groups in total. The third-order valence-corrected chi connectivity index (χ3v) is 9.40. The summed E-state index contributed by atoms with van der Waals surface area (Å²) in [5.74, 6) is 4.22. The van der Waals surface area contributed by atoms with E-state index in [-0.39, 0.29) is 0 Å². The van der Waals surface area contributed by atoms with Crippen LogP contribution in [0.4, 0.5) is 0 Å². The monoisotopic (exact) mass is 286 g/mol. The lowest BCUT2D eigenvalue weighted by molar-refractivity contribution is 0.472. The number of fused-ring (bicyclic) bond motifs is 1. The fraction of sp³-hybridized carbons (Fsp3) is 0.556. The highest BCUT2D eigenvalue weighted by atomic mass is 28.3. The van der Waals surface area contributed by atoms with Crippen molar-refractivity contribution in [2.24, 2.45) is 0 Å². The Hall–Kier alpha value is -1.20. The molecule has 0 radical (unpaired) electrons. The molecule has 2 rings (SSSR count). The highest BCUT2D eigenvalue weighted by Crippen LogP contribution is 2.37. The van der Waals surface area contributed by atoms with Gasteiger partial charge in [-0.3, -0.25) is 0 Å². The molecule has 1 aromatic carbocycles. The van der Waals surface area contributed by atoms with E-state index in [0.717, 1.165) is 12.8 Å². The Kier molecular flexibility index (Phi) is 4.02. The summed E-state index contributed by atoms with van der Waals surface area (Å²) in [4.78, 5) is 0. The van der Waals surface area contributed by atoms with E-state index in [1.165, 1.54) is 17.5 Å². The van der Waals surface area contributed by atoms with Gasteiger partial charge < -0.3 is 5.11 Å². The molecule has 1 aromatic rings. The smallest absolute Gasteiger partial charge is 0.137 e. The van der Waals surface area contributed by atoms with Crippen LogP contribution in [0, 0.1) is 11.5 Å². The van der Waals surface area contributed by atoms with E-state index in [0.29, 0.717) is 16.7 Å². The van der Waals surface area contributed by atoms with Crippen molar-refractivity contribution in [3.8, 4) is 17.2 Å². The standard InChI is InChI=1S/C18H26OSi/c1-18(2,3)20(4,5)12-11-15-8-6-7-14-9-10-16(19)13-17(14)15/h9-10,13,15,19H,6-8H2,1-5H3. The number of rotatable bonds is 0. The van der Waals surface area contributed by atoms with Crippen molar-refractivity contribution < 1.29 is 5.11 Å². The van der Waals surface area contributed by atoms with Gasteiger partial charge in [-0.25, -0.2) is 0 Å². The van der Waals surface area contributed by atoms with Crippen LogP contribution < -0.4 is 0 Å². The summed E-state index contributed by atoms with van der Waals surface area (Å²) >= 11 is 0. The highest BCUT2D eigenvalue weighted by Gasteiger charge is 2.34. The molecule has 1 aliphatic rings. The number of hydrogen-bond donors (Lipinski definition) is 1. The maximum atomic E-state index is 9.72. The molecule has 0 aliphatic heterocycles. The van der Waals surface area contributed by atoms with Crippen LogP contribution >= 0.6 is 0 Å². The van der Waals surface area contributed by atoms with Gasteiger partial charge in [0.15, 0.2) is 0 Å². The van der Waals surface area contributed by atoms with Crippen LogP contribution in [0.3, 0.4) is 0 Å². The van der Waals surface area contributed by atoms with Crippen molar-refractivity contribution in [2.75, 3.05) is 0 Å². The molecule has 1 nitrogen and oxygen atoms in total. The molecule has 0 spiro atoms. The van der Waals surface area contributed by atoms with Crippen molar-refractivity contribution in [1.29, 1.82) is 0 Å². The molecule has 1 aliphatic carbocycles. The summed E-state index contributed by atoms with van der Waals surface area (Å²) in [5, 5.41) is 10.0. The van der Waals surface area contributed by atoms with Crippen LogP contribution in [0.25, 0.3) is 0 Å². The van der Waals surface area contributed by atoms with Crippen LogP contribution in [0.1, 0.15) is 50.7 Å². The lowest BCUT2D eigenvalue weighted by Crippen LogP contribution is -2.35. The number of benzene rings is 1. The Morgan fingerprint density at radius 2 is 1.95 bits per heavy atom. The van der Waals surface area contributed by atoms with Crippen molar-refractivity contribution >= 4 is 8.07 Å². The molecule has 108 valence electrons. The summed E-state index contributed by atoms with van der Waals surface area (Å²) < 4.78 is 0. The Morgan fingerprint density at radius 1 is 1.25 bits per heavy atom. The molecule has 0 bridgehead atoms. The first-order valence-corrected chi connectivity index (χ1v) is 10.6. The first-order valence-electron chi connectivity index (χ1n) is 7.55. The predicted octanol–water partition coefficient (Wildman–Crippen LogP) is 4.86. The molecule has 0 saturated heterocycles. The second kappa shape index (κ2) is 5.29. The van der Waals surface area contributed by atoms with Gasteiger partial charge in [-0.2, -0.15) is 0 Å². The van der Waals surface area contributed by atoms with E-state index >= 15 is 0 Å². The molecular formula is C18H26OSi. The second-order valence-electron chi connectivity index (χ2n) is 7.47. The molecule has 1 unspecified atom stereocenters. The van der Waals surface area contributed by atoms with Gasteiger partial charge in [0.1, 0.15) is 13.8 Å². The number of phenolic OH excluding ortho intramolecular Hbond substituents is 1. The predicted molar refractivity (Wildman–Crippen MR) is 88.8 cm³/mol. The van der Waals surface area contributed by atoms with Crippen molar-refractivity contribution in [1.82, 2.24) is 0 Å². The van der Waals surface area contributed by atoms with Gasteiger partial charge in [0.25, 0.3) is 0 Å². The molecule has 0 aromatic heterocycles. The van der Waals surface area contributed by atoms with Gasteiger partial charge in [-0.05, 0) is 47.6 Å². The zero-order chi connectivity index (χ0) is 15.0. The van der Waals surface area contributed by atoms with Crippen molar-refractivity contribution in [2.45, 2.75) is 64.1 Å². The Morgan fingerprint density at radius 3 is 2.60 bits per heavy atom. The number of aryl methyl sites for hydroxylation is 1. The molecule has 2 heteroatoms. The summed E-state index contributed by atoms with van der Waals surface area (Å²) in [6.45, 7) is 11.6. The first-order chi connectivity index (χ1) is 9.21. The Labute approximate surface area is 124 Å². The molecular weight excluding hydrogens is 260 g/mol. The van der Waals surface area contributed by atoms with Crippen LogP contribution in [0.5, 0.6) is 5.75 Å². The number of hydrogen-bond acceptors (Lipinski definition) is 1. The van der Waals surface area contributed by atoms with Crippen LogP contribution in [-0.4, -0.2) is 13.2 Å². The average molecular weight is 286 g/mol. The molecule has 0 fully saturated rings. The fourth-order valence-corrected chi connectivity index (χ4v) is 3.30. The van der Waals surface area contributed by atoms with E-state index < -0.39 is 8.07 Å². The second-order valence-corrected chi connectivity index (χ2v) is 12.5. The fourth-order valence-electron chi connectivity index (χ4n) is 2.39. The third kappa shape index (κ3) is 3.10. The largest absolute Gasteiger partial charge is 0.508 e. The van der Waals surface area contributed by atoms with Crippen molar-refractivity contribution in [3.05, 3.63) is 29.3 Å². The van der Waals surface area contributed by atoms with Gasteiger partial charge in [0.2, 0.25) is 0 Å². The minimum absolute atomic E-state index is 0.302. The quantitative estimate of drug-likeness (QED) is 0.533. The van der Waals surface area contributed by atoms with E-state index in [1.807, 2.05) is 6.07 Å². The zero-order valence-corrected chi connectivity index (χ0v) is 14.4. The maximum Gasteiger partial charge on any atom is 0.137 e. The summed E-state index contributed by atoms with van der Waals surface area (Å²) in [5.41, 5.74) is 6.25. The van der Waals surface area contributed by atoms with Gasteiger partial charge in [0.05, 0.1) is 0 Å². The topological polar surface area (TPSA) is 20.2 Å². The van der Waals surface area contributed by atoms with Gasteiger partial charge in [0, 0.05) is 5.92 Å². The molecule has 0 amide bonds. The van der Waals surface area contributed by atoms with Gasteiger partial charge >= 0.3 is 0 Å². The minimum atomic E-state index is -1.55. The Balaban J connectivity index is 2.32. The maximum absolute atomic E-state index is 9.72. The number of aromatic hydroxyl groups is 1. The summed E-state index contributed by atoms with van der Waals surface area (Å²) in [6.07, 6.45) is 3.45. The Bertz CT molecular complexity index is 555. The average Bonchev–Trinajstić information content (AvgIpc) is 2.35. The normalized spacial score (nSPS) is 18.9. The highest BCUT2D eigenvalue weighted by molar-refractivity contribution is 6.87. The molecule has 0 heterocycles. The van der Waals surface area contributed by atoms with E-state index in [2.05, 4.69) is 51.4 Å². The minimum Gasteiger partial charge on any atom is -0.508 e. The van der Waals surface area contributed by atoms with Crippen LogP contribution in [-0.2, 0) is 6.42 Å². The lowest BCUT2D eigenvalue weighted by atomic mass is 9.83. The van der Waals surface area contributed by atoms with E-state index in [1.54, 1.807) is 6.07 Å². The van der Waals surface area contributed by atoms with Crippen LogP contribution in [0.2, 0.25) is 18.1 Å². The lowest BCUT2D eigenvalue weighted by Gasteiger charge is -2.32. The first kappa shape index (κ1) is 15.2. The van der Waals surface area contributed by atoms with Crippen molar-refractivity contribution in [3.63, 3.8) is 0 Å². The van der Waals surface area contributed by atoms with Gasteiger partial charge in [-0.1, -0.05) is 39.9 Å². The third-order valence-electron chi connectivity index (χ3n) is 4.88. The molecule has 20 heavy (non-hydrogen) atoms. The zero-order valence-electron chi connectivity index (χ0n) is 13.4. The molecule has 0 saturated carbocycles. The van der Waals surface area contributed by atoms with Gasteiger partial charge in [-0.15, -0.1) is 11.5 Å². The summed E-state index contributed by atoms with van der Waals surface area (Å²) in [7, 11) is -1.55. The van der Waals surface area contributed by atoms with E-state index in [4.69, 9.17) is 0 Å². The van der Waals surface area contributed by atoms with E-state index in [9.17, 15) is 5.11 Å². The number of phenols is 1. The summed E-state index contributed by atoms with van der Waals surface area (Å²) in [6, 6.07) is 5.77.